The summed E-state index contributed by atoms with van der Waals surface area (Å²) < 4.78 is 0. The molecule has 0 radical (unpaired) electrons. The second kappa shape index (κ2) is 19.2. The predicted molar refractivity (Wildman–Crippen MR) is 49.0 cm³/mol. The third-order valence-electron chi connectivity index (χ3n) is 0.805. The summed E-state index contributed by atoms with van der Waals surface area (Å²) in [6, 6.07) is 0. The molecule has 106 valence electrons. The number of carboxylic acid groups (broad SMARTS) is 2. The summed E-state index contributed by atoms with van der Waals surface area (Å²) in [4.78, 5) is 19.5. The largest absolute Gasteiger partial charge is 0.479 e. The molecule has 0 rings (SSSR count). The van der Waals surface area contributed by atoms with E-state index in [0.717, 1.165) is 0 Å². The van der Waals surface area contributed by atoms with Gasteiger partial charge in [0.2, 0.25) is 0 Å². The molecule has 16 heavy (non-hydrogen) atoms. The van der Waals surface area contributed by atoms with Gasteiger partial charge in [-0.3, -0.25) is 0 Å². The van der Waals surface area contributed by atoms with E-state index in [4.69, 9.17) is 20.4 Å². The molecule has 0 aromatic rings. The molecule has 0 heterocycles. The van der Waals surface area contributed by atoms with Gasteiger partial charge in [0.25, 0.3) is 0 Å². The fraction of sp³-hybridized carbons (Fsp3) is 0.500. The third kappa shape index (κ3) is 15.1. The lowest BCUT2D eigenvalue weighted by Gasteiger charge is -2.07. The standard InChI is InChI=1S/C4H6O6.6H2O/c5-1(3(7)8)2(6)4(9)10;;;;;;/h1-2,5-6H,(H,7,8)(H,9,10);6*1H2. The van der Waals surface area contributed by atoms with Crippen LogP contribution in [-0.4, -0.2) is 77.4 Å². The summed E-state index contributed by atoms with van der Waals surface area (Å²) in [5.41, 5.74) is 0. The van der Waals surface area contributed by atoms with Gasteiger partial charge in [0.05, 0.1) is 0 Å². The first-order valence-corrected chi connectivity index (χ1v) is 2.28. The summed E-state index contributed by atoms with van der Waals surface area (Å²) in [6.45, 7) is 0. The number of hydrogen-bond donors (Lipinski definition) is 4. The van der Waals surface area contributed by atoms with Crippen LogP contribution in [0.5, 0.6) is 0 Å². The lowest BCUT2D eigenvalue weighted by atomic mass is 10.2. The van der Waals surface area contributed by atoms with Crippen LogP contribution in [-0.2, 0) is 9.59 Å². The van der Waals surface area contributed by atoms with Crippen molar-refractivity contribution in [2.24, 2.45) is 0 Å². The minimum atomic E-state index is -2.27. The molecule has 0 saturated carbocycles. The molecular formula is C4H18O12. The molecule has 0 fully saturated rings. The van der Waals surface area contributed by atoms with Gasteiger partial charge in [-0.2, -0.15) is 0 Å². The molecule has 0 aliphatic rings. The monoisotopic (exact) mass is 258 g/mol. The number of rotatable bonds is 3. The van der Waals surface area contributed by atoms with E-state index < -0.39 is 24.1 Å². The minimum absolute atomic E-state index is 0. The normalized spacial score (nSPS) is 9.88. The lowest BCUT2D eigenvalue weighted by Crippen LogP contribution is -2.39. The van der Waals surface area contributed by atoms with Gasteiger partial charge in [-0.15, -0.1) is 0 Å². The van der Waals surface area contributed by atoms with Crippen LogP contribution in [0.25, 0.3) is 0 Å². The Morgan fingerprint density at radius 1 is 0.625 bits per heavy atom. The molecule has 0 spiro atoms. The Balaban J connectivity index is -0.0000000270. The second-order valence-corrected chi connectivity index (χ2v) is 1.57. The fourth-order valence-corrected chi connectivity index (χ4v) is 0.270. The molecule has 2 unspecified atom stereocenters. The summed E-state index contributed by atoms with van der Waals surface area (Å²) >= 11 is 0. The number of hydrogen-bond acceptors (Lipinski definition) is 4. The van der Waals surface area contributed by atoms with E-state index in [2.05, 4.69) is 0 Å². The zero-order valence-electron chi connectivity index (χ0n) is 7.76. The highest BCUT2D eigenvalue weighted by Gasteiger charge is 2.29. The van der Waals surface area contributed by atoms with Gasteiger partial charge in [-0.1, -0.05) is 0 Å². The zero-order chi connectivity index (χ0) is 8.31. The van der Waals surface area contributed by atoms with E-state index >= 15 is 0 Å². The van der Waals surface area contributed by atoms with Crippen molar-refractivity contribution in [1.29, 1.82) is 0 Å². The van der Waals surface area contributed by atoms with Crippen LogP contribution in [0.15, 0.2) is 0 Å². The van der Waals surface area contributed by atoms with Crippen molar-refractivity contribution in [2.45, 2.75) is 12.2 Å². The average Bonchev–Trinajstić information content (AvgIpc) is 1.84. The molecule has 0 aromatic heterocycles. The van der Waals surface area contributed by atoms with E-state index in [1.165, 1.54) is 0 Å². The molecule has 16 N–H and O–H groups in total. The van der Waals surface area contributed by atoms with Crippen LogP contribution in [0.2, 0.25) is 0 Å². The van der Waals surface area contributed by atoms with Gasteiger partial charge >= 0.3 is 11.9 Å². The minimum Gasteiger partial charge on any atom is -0.479 e. The Labute approximate surface area is 88.2 Å². The summed E-state index contributed by atoms with van der Waals surface area (Å²) in [6.07, 6.45) is -4.53. The van der Waals surface area contributed by atoms with Gasteiger partial charge in [0, 0.05) is 0 Å². The van der Waals surface area contributed by atoms with Crippen molar-refractivity contribution >= 4 is 11.9 Å². The highest BCUT2D eigenvalue weighted by Crippen LogP contribution is 1.92. The second-order valence-electron chi connectivity index (χ2n) is 1.57. The van der Waals surface area contributed by atoms with Gasteiger partial charge in [0.15, 0.2) is 12.2 Å². The van der Waals surface area contributed by atoms with Crippen molar-refractivity contribution in [3.8, 4) is 0 Å². The predicted octanol–water partition coefficient (Wildman–Crippen LogP) is -7.07. The smallest absolute Gasteiger partial charge is 0.335 e. The maximum atomic E-state index is 9.77. The average molecular weight is 258 g/mol. The topological polar surface area (TPSA) is 304 Å². The van der Waals surface area contributed by atoms with Crippen molar-refractivity contribution in [1.82, 2.24) is 0 Å². The van der Waals surface area contributed by atoms with Crippen LogP contribution in [0.3, 0.4) is 0 Å². The molecule has 0 amide bonds. The van der Waals surface area contributed by atoms with Crippen LogP contribution in [0.4, 0.5) is 0 Å². The Bertz CT molecular complexity index is 137. The van der Waals surface area contributed by atoms with Crippen molar-refractivity contribution < 1.29 is 62.9 Å². The SMILES string of the molecule is O.O.O.O.O.O.O=C(O)C(O)C(O)C(=O)O. The quantitative estimate of drug-likeness (QED) is 0.380. The Morgan fingerprint density at radius 2 is 0.750 bits per heavy atom. The van der Waals surface area contributed by atoms with Gasteiger partial charge in [0.1, 0.15) is 0 Å². The van der Waals surface area contributed by atoms with Gasteiger partial charge in [-0.05, 0) is 0 Å². The summed E-state index contributed by atoms with van der Waals surface area (Å²) in [5, 5.41) is 32.5. The van der Waals surface area contributed by atoms with Gasteiger partial charge in [-0.25, -0.2) is 9.59 Å². The molecule has 12 nitrogen and oxygen atoms in total. The first-order valence-electron chi connectivity index (χ1n) is 2.28. The molecule has 12 heteroatoms. The number of aliphatic hydroxyl groups is 2. The van der Waals surface area contributed by atoms with E-state index in [0.29, 0.717) is 0 Å². The number of aliphatic carboxylic acids is 2. The van der Waals surface area contributed by atoms with E-state index in [9.17, 15) is 9.59 Å². The summed E-state index contributed by atoms with van der Waals surface area (Å²) in [7, 11) is 0. The molecule has 2 atom stereocenters. The number of carbonyl (C=O) groups is 2. The molecular weight excluding hydrogens is 240 g/mol. The molecule has 0 aromatic carbocycles. The highest BCUT2D eigenvalue weighted by atomic mass is 16.4. The maximum Gasteiger partial charge on any atom is 0.335 e. The van der Waals surface area contributed by atoms with E-state index in [-0.39, 0.29) is 32.9 Å². The lowest BCUT2D eigenvalue weighted by molar-refractivity contribution is -0.165. The maximum absolute atomic E-state index is 9.77. The first kappa shape index (κ1) is 46.7. The Hall–Kier alpha value is -1.38. The number of carboxylic acids is 2. The molecule has 0 aliphatic carbocycles. The molecule has 0 aliphatic heterocycles. The van der Waals surface area contributed by atoms with E-state index in [1.807, 2.05) is 0 Å². The van der Waals surface area contributed by atoms with Crippen molar-refractivity contribution in [2.75, 3.05) is 0 Å². The summed E-state index contributed by atoms with van der Waals surface area (Å²) in [5.74, 6) is -3.54. The highest BCUT2D eigenvalue weighted by molar-refractivity contribution is 5.82. The van der Waals surface area contributed by atoms with E-state index in [1.54, 1.807) is 0 Å². The molecule has 0 saturated heterocycles. The van der Waals surface area contributed by atoms with Crippen LogP contribution < -0.4 is 0 Å². The van der Waals surface area contributed by atoms with Crippen LogP contribution in [0.1, 0.15) is 0 Å². The number of aliphatic hydroxyl groups excluding tert-OH is 2. The Kier molecular flexibility index (Phi) is 56.1. The fourth-order valence-electron chi connectivity index (χ4n) is 0.270. The zero-order valence-corrected chi connectivity index (χ0v) is 7.76. The first-order chi connectivity index (χ1) is 4.46. The van der Waals surface area contributed by atoms with Crippen molar-refractivity contribution in [3.63, 3.8) is 0 Å². The third-order valence-corrected chi connectivity index (χ3v) is 0.805. The van der Waals surface area contributed by atoms with Crippen molar-refractivity contribution in [3.05, 3.63) is 0 Å². The van der Waals surface area contributed by atoms with Crippen LogP contribution >= 0.6 is 0 Å². The van der Waals surface area contributed by atoms with Crippen LogP contribution in [0, 0.1) is 0 Å². The Morgan fingerprint density at radius 3 is 0.812 bits per heavy atom. The van der Waals surface area contributed by atoms with Gasteiger partial charge < -0.3 is 53.3 Å². The molecule has 0 bridgehead atoms.